The Morgan fingerprint density at radius 2 is 1.20 bits per heavy atom. The number of para-hydroxylation sites is 1. The molecule has 0 N–H and O–H groups in total. The van der Waals surface area contributed by atoms with Crippen LogP contribution in [0, 0.1) is 17.8 Å². The minimum Gasteiger partial charge on any atom is -0.469 e. The van der Waals surface area contributed by atoms with E-state index in [1.807, 2.05) is 0 Å². The van der Waals surface area contributed by atoms with Crippen LogP contribution in [0.1, 0.15) is 106 Å². The van der Waals surface area contributed by atoms with E-state index in [1.165, 1.54) is 72.6 Å². The van der Waals surface area contributed by atoms with Crippen LogP contribution >= 0.6 is 0 Å². The highest BCUT2D eigenvalue weighted by atomic mass is 16.3. The molecular formula is C62H65BN2O. The fraction of sp³-hybridized carbons (Fsp3) is 0.323. The molecule has 11 rings (SSSR count). The van der Waals surface area contributed by atoms with Crippen molar-refractivity contribution in [1.29, 1.82) is 0 Å². The van der Waals surface area contributed by atoms with Gasteiger partial charge in [0, 0.05) is 33.7 Å². The molecule has 0 spiro atoms. The molecule has 0 bridgehead atoms. The lowest BCUT2D eigenvalue weighted by Gasteiger charge is -2.58. The molecule has 1 fully saturated rings. The maximum atomic E-state index is 7.48. The average Bonchev–Trinajstić information content (AvgIpc) is 3.65. The van der Waals surface area contributed by atoms with Crippen molar-refractivity contribution < 1.29 is 4.42 Å². The first-order chi connectivity index (χ1) is 31.2. The summed E-state index contributed by atoms with van der Waals surface area (Å²) < 4.78 is 7.48. The molecule has 0 radical (unpaired) electrons. The fourth-order valence-electron chi connectivity index (χ4n) is 12.1. The minimum atomic E-state index is -0.468. The van der Waals surface area contributed by atoms with E-state index >= 15 is 0 Å². The third kappa shape index (κ3) is 6.52. The van der Waals surface area contributed by atoms with Gasteiger partial charge in [-0.25, -0.2) is 0 Å². The van der Waals surface area contributed by atoms with Gasteiger partial charge in [0.05, 0.1) is 16.9 Å². The molecule has 0 amide bonds. The molecule has 3 heterocycles. The second kappa shape index (κ2) is 14.5. The molecule has 4 heteroatoms. The highest BCUT2D eigenvalue weighted by Gasteiger charge is 2.59. The number of allylic oxidation sites excluding steroid dienone is 2. The van der Waals surface area contributed by atoms with Crippen LogP contribution in [0.4, 0.5) is 28.4 Å². The van der Waals surface area contributed by atoms with Gasteiger partial charge < -0.3 is 14.2 Å². The summed E-state index contributed by atoms with van der Waals surface area (Å²) >= 11 is 0. The lowest BCUT2D eigenvalue weighted by Crippen LogP contribution is -2.66. The van der Waals surface area contributed by atoms with Gasteiger partial charge in [-0.2, -0.15) is 0 Å². The minimum absolute atomic E-state index is 0.0181. The van der Waals surface area contributed by atoms with E-state index in [0.717, 1.165) is 40.8 Å². The van der Waals surface area contributed by atoms with Gasteiger partial charge >= 0.3 is 0 Å². The van der Waals surface area contributed by atoms with Crippen molar-refractivity contribution in [3.05, 3.63) is 173 Å². The van der Waals surface area contributed by atoms with Crippen LogP contribution in [-0.4, -0.2) is 12.3 Å². The monoisotopic (exact) mass is 865 g/mol. The first-order valence-electron chi connectivity index (χ1n) is 24.4. The zero-order chi connectivity index (χ0) is 46.3. The predicted octanol–water partition coefficient (Wildman–Crippen LogP) is 16.1. The van der Waals surface area contributed by atoms with Crippen LogP contribution in [0.5, 0.6) is 0 Å². The normalized spacial score (nSPS) is 20.5. The Labute approximate surface area is 394 Å². The van der Waals surface area contributed by atoms with E-state index in [4.69, 9.17) is 4.42 Å². The van der Waals surface area contributed by atoms with E-state index < -0.39 is 5.54 Å². The molecule has 2 aliphatic heterocycles. The second-order valence-electron chi connectivity index (χ2n) is 23.6. The fourth-order valence-corrected chi connectivity index (χ4v) is 12.1. The maximum Gasteiger partial charge on any atom is 0.273 e. The number of hydrogen-bond acceptors (Lipinski definition) is 3. The summed E-state index contributed by atoms with van der Waals surface area (Å²) in [7, 11) is 0. The molecule has 1 saturated carbocycles. The Kier molecular flexibility index (Phi) is 9.37. The Bertz CT molecular complexity index is 3140. The largest absolute Gasteiger partial charge is 0.469 e. The summed E-state index contributed by atoms with van der Waals surface area (Å²) in [5.74, 6) is 0.0472. The number of benzene rings is 6. The maximum absolute atomic E-state index is 7.48. The average molecular weight is 865 g/mol. The lowest BCUT2D eigenvalue weighted by molar-refractivity contribution is 0.252. The summed E-state index contributed by atoms with van der Waals surface area (Å²) in [4.78, 5) is 5.30. The van der Waals surface area contributed by atoms with E-state index in [9.17, 15) is 0 Å². The topological polar surface area (TPSA) is 19.6 Å². The van der Waals surface area contributed by atoms with Gasteiger partial charge in [0.15, 0.2) is 0 Å². The lowest BCUT2D eigenvalue weighted by atomic mass is 9.28. The molecule has 7 aromatic rings. The van der Waals surface area contributed by atoms with Crippen molar-refractivity contribution in [2.75, 3.05) is 9.80 Å². The van der Waals surface area contributed by atoms with Crippen LogP contribution in [-0.2, 0) is 10.8 Å². The zero-order valence-corrected chi connectivity index (χ0v) is 41.2. The Morgan fingerprint density at radius 1 is 0.591 bits per heavy atom. The van der Waals surface area contributed by atoms with Crippen molar-refractivity contribution in [3.8, 4) is 22.3 Å². The molecule has 4 aliphatic rings. The summed E-state index contributed by atoms with van der Waals surface area (Å²) in [5, 5.41) is 1.15. The smallest absolute Gasteiger partial charge is 0.273 e. The van der Waals surface area contributed by atoms with Gasteiger partial charge in [-0.1, -0.05) is 166 Å². The van der Waals surface area contributed by atoms with E-state index in [-0.39, 0.29) is 34.2 Å². The van der Waals surface area contributed by atoms with Crippen molar-refractivity contribution in [3.63, 3.8) is 0 Å². The van der Waals surface area contributed by atoms with Gasteiger partial charge in [0.1, 0.15) is 5.58 Å². The van der Waals surface area contributed by atoms with Gasteiger partial charge in [-0.05, 0) is 153 Å². The quantitative estimate of drug-likeness (QED) is 0.164. The van der Waals surface area contributed by atoms with Crippen LogP contribution in [0.3, 0.4) is 0 Å². The molecule has 66 heavy (non-hydrogen) atoms. The molecule has 1 aromatic heterocycles. The Morgan fingerprint density at radius 3 is 1.86 bits per heavy atom. The number of rotatable bonds is 4. The number of nitrogens with zero attached hydrogens (tertiary/aromatic N) is 2. The number of anilines is 5. The Balaban J connectivity index is 1.24. The molecule has 0 saturated heterocycles. The van der Waals surface area contributed by atoms with Crippen molar-refractivity contribution in [2.45, 2.75) is 118 Å². The van der Waals surface area contributed by atoms with Gasteiger partial charge in [-0.3, -0.25) is 0 Å². The first-order valence-corrected chi connectivity index (χ1v) is 24.4. The molecule has 2 aliphatic carbocycles. The molecule has 2 atom stereocenters. The van der Waals surface area contributed by atoms with Gasteiger partial charge in [-0.15, -0.1) is 0 Å². The highest BCUT2D eigenvalue weighted by Crippen LogP contribution is 2.61. The third-order valence-electron chi connectivity index (χ3n) is 16.0. The van der Waals surface area contributed by atoms with Crippen molar-refractivity contribution in [2.24, 2.45) is 10.8 Å². The van der Waals surface area contributed by atoms with E-state index in [1.54, 1.807) is 0 Å². The van der Waals surface area contributed by atoms with Gasteiger partial charge in [0.2, 0.25) is 0 Å². The number of furan rings is 1. The Hall–Kier alpha value is -6.00. The third-order valence-corrected chi connectivity index (χ3v) is 16.0. The zero-order valence-electron chi connectivity index (χ0n) is 41.2. The highest BCUT2D eigenvalue weighted by molar-refractivity contribution is 6.91. The van der Waals surface area contributed by atoms with Crippen LogP contribution in [0.2, 0.25) is 5.82 Å². The SMILES string of the molecule is Cc1cc2c3c(c1)N(c1ccc(C(C)(C)C)cc1-c1ccccc1)C1(C)C=C4C(=CC1B3c1oc3ccc(-c5ccc(C(C)(C)C)cc5)cc3c1N2c1ccccc1)C(C)(C)CCC4(C)C. The first kappa shape index (κ1) is 42.6. The predicted molar refractivity (Wildman–Crippen MR) is 283 cm³/mol. The van der Waals surface area contributed by atoms with Gasteiger partial charge in [0.25, 0.3) is 6.71 Å². The van der Waals surface area contributed by atoms with Crippen LogP contribution in [0.25, 0.3) is 33.2 Å². The van der Waals surface area contributed by atoms with Crippen molar-refractivity contribution in [1.82, 2.24) is 0 Å². The standard InChI is InChI=1S/C62H65BN2O/c1-39-33-51-55-52(34-39)65(50-29-28-44(59(5,6)7)36-46(50)41-19-15-13-16-20-41)62(12)38-49-48(60(8,9)31-32-61(49,10)11)37-54(62)63(55)57-56(64(51)45-21-17-14-18-22-45)47-35-42(25-30-53(47)66-57)40-23-26-43(27-24-40)58(2,3)4/h13-30,33-38,54H,31-32H2,1-12H3. The van der Waals surface area contributed by atoms with Crippen molar-refractivity contribution >= 4 is 57.2 Å². The number of hydrogen-bond donors (Lipinski definition) is 0. The summed E-state index contributed by atoms with van der Waals surface area (Å²) in [6.45, 7) is 28.5. The summed E-state index contributed by atoms with van der Waals surface area (Å²) in [6.07, 6.45) is 7.79. The van der Waals surface area contributed by atoms with E-state index in [0.29, 0.717) is 0 Å². The van der Waals surface area contributed by atoms with Crippen LogP contribution in [0.15, 0.2) is 161 Å². The molecule has 332 valence electrons. The van der Waals surface area contributed by atoms with E-state index in [2.05, 4.69) is 238 Å². The molecule has 6 aromatic carbocycles. The number of aryl methyl sites for hydroxylation is 1. The summed E-state index contributed by atoms with van der Waals surface area (Å²) in [5.41, 5.74) is 20.8. The molecular weight excluding hydrogens is 800 g/mol. The number of fused-ring (bicyclic) bond motifs is 7. The second-order valence-corrected chi connectivity index (χ2v) is 23.6. The molecule has 3 nitrogen and oxygen atoms in total. The van der Waals surface area contributed by atoms with Crippen LogP contribution < -0.4 is 20.9 Å². The summed E-state index contributed by atoms with van der Waals surface area (Å²) in [6, 6.07) is 50.3. The molecule has 2 unspecified atom stereocenters.